The van der Waals surface area contributed by atoms with Crippen LogP contribution in [0.3, 0.4) is 0 Å². The summed E-state index contributed by atoms with van der Waals surface area (Å²) in [7, 11) is -1.62. The van der Waals surface area contributed by atoms with Gasteiger partial charge in [0.15, 0.2) is 0 Å². The first-order chi connectivity index (χ1) is 9.94. The fourth-order valence-electron chi connectivity index (χ4n) is 2.11. The Morgan fingerprint density at radius 1 is 1.14 bits per heavy atom. The number of thiophene rings is 1. The van der Waals surface area contributed by atoms with Gasteiger partial charge in [-0.2, -0.15) is 0 Å². The molecule has 2 N–H and O–H groups in total. The molecule has 4 nitrogen and oxygen atoms in total. The number of hydrogen-bond donors (Lipinski definition) is 2. The average molecular weight is 324 g/mol. The maximum absolute atomic E-state index is 12.4. The summed E-state index contributed by atoms with van der Waals surface area (Å²) in [4.78, 5) is 2.22. The minimum absolute atomic E-state index is 0.311. The lowest BCUT2D eigenvalue weighted by Crippen LogP contribution is -2.23. The van der Waals surface area contributed by atoms with Gasteiger partial charge in [0.25, 0.3) is 0 Å². The van der Waals surface area contributed by atoms with E-state index in [1.807, 2.05) is 45.2 Å². The zero-order valence-electron chi connectivity index (χ0n) is 12.4. The van der Waals surface area contributed by atoms with Crippen LogP contribution in [0.15, 0.2) is 35.2 Å². The molecule has 0 amide bonds. The molecule has 6 heteroatoms. The molecule has 0 aliphatic heterocycles. The third-order valence-corrected chi connectivity index (χ3v) is 5.98. The smallest absolute Gasteiger partial charge is 0.241 e. The summed E-state index contributed by atoms with van der Waals surface area (Å²) >= 11 is 1.51. The SMILES string of the molecule is CNCc1cc(S(=O)(=O)NCc2ccccc2C)c(C)s1. The largest absolute Gasteiger partial charge is 0.315 e. The van der Waals surface area contributed by atoms with E-state index in [2.05, 4.69) is 10.0 Å². The van der Waals surface area contributed by atoms with E-state index in [1.165, 1.54) is 11.3 Å². The molecule has 0 fully saturated rings. The molecular weight excluding hydrogens is 304 g/mol. The van der Waals surface area contributed by atoms with Gasteiger partial charge in [-0.15, -0.1) is 11.3 Å². The number of nitrogens with one attached hydrogen (secondary N) is 2. The Balaban J connectivity index is 2.17. The first kappa shape index (κ1) is 16.2. The van der Waals surface area contributed by atoms with Crippen LogP contribution in [0.4, 0.5) is 0 Å². The van der Waals surface area contributed by atoms with E-state index in [-0.39, 0.29) is 0 Å². The Kier molecular flexibility index (Phi) is 5.16. The van der Waals surface area contributed by atoms with E-state index in [4.69, 9.17) is 0 Å². The molecule has 1 aromatic carbocycles. The van der Waals surface area contributed by atoms with Crippen LogP contribution in [0, 0.1) is 13.8 Å². The summed E-state index contributed by atoms with van der Waals surface area (Å²) in [6, 6.07) is 9.52. The summed E-state index contributed by atoms with van der Waals surface area (Å²) in [5.41, 5.74) is 2.07. The predicted octanol–water partition coefficient (Wildman–Crippen LogP) is 2.56. The Bertz CT molecular complexity index is 721. The number of aryl methyl sites for hydroxylation is 2. The number of hydrogen-bond acceptors (Lipinski definition) is 4. The van der Waals surface area contributed by atoms with Crippen LogP contribution >= 0.6 is 11.3 Å². The lowest BCUT2D eigenvalue weighted by Gasteiger charge is -2.08. The molecule has 0 bridgehead atoms. The quantitative estimate of drug-likeness (QED) is 0.858. The van der Waals surface area contributed by atoms with E-state index in [0.29, 0.717) is 18.0 Å². The second kappa shape index (κ2) is 6.70. The van der Waals surface area contributed by atoms with Crippen LogP contribution in [0.2, 0.25) is 0 Å². The summed E-state index contributed by atoms with van der Waals surface area (Å²) in [6.45, 7) is 4.81. The fraction of sp³-hybridized carbons (Fsp3) is 0.333. The van der Waals surface area contributed by atoms with Crippen LogP contribution in [0.1, 0.15) is 20.9 Å². The Morgan fingerprint density at radius 3 is 2.52 bits per heavy atom. The number of sulfonamides is 1. The fourth-order valence-corrected chi connectivity index (χ4v) is 4.76. The van der Waals surface area contributed by atoms with E-state index in [0.717, 1.165) is 20.9 Å². The van der Waals surface area contributed by atoms with Crippen molar-refractivity contribution in [3.8, 4) is 0 Å². The molecule has 0 saturated carbocycles. The number of rotatable bonds is 6. The first-order valence-electron chi connectivity index (χ1n) is 6.72. The molecule has 0 atom stereocenters. The van der Waals surface area contributed by atoms with Crippen molar-refractivity contribution in [2.75, 3.05) is 7.05 Å². The maximum atomic E-state index is 12.4. The molecule has 0 spiro atoms. The van der Waals surface area contributed by atoms with Crippen LogP contribution < -0.4 is 10.0 Å². The molecular formula is C15H20N2O2S2. The van der Waals surface area contributed by atoms with Crippen molar-refractivity contribution < 1.29 is 8.42 Å². The molecule has 0 saturated heterocycles. The van der Waals surface area contributed by atoms with E-state index < -0.39 is 10.0 Å². The standard InChI is InChI=1S/C15H20N2O2S2/c1-11-6-4-5-7-13(11)9-17-21(18,19)15-8-14(10-16-3)20-12(15)2/h4-8,16-17H,9-10H2,1-3H3. The van der Waals surface area contributed by atoms with Crippen molar-refractivity contribution in [1.29, 1.82) is 0 Å². The summed E-state index contributed by atoms with van der Waals surface area (Å²) in [6.07, 6.45) is 0. The molecule has 21 heavy (non-hydrogen) atoms. The van der Waals surface area contributed by atoms with Gasteiger partial charge in [0.1, 0.15) is 0 Å². The first-order valence-corrected chi connectivity index (χ1v) is 9.02. The Morgan fingerprint density at radius 2 is 1.86 bits per heavy atom. The van der Waals surface area contributed by atoms with Crippen molar-refractivity contribution in [3.05, 3.63) is 51.2 Å². The Hall–Kier alpha value is -1.21. The second-order valence-electron chi connectivity index (χ2n) is 4.91. The van der Waals surface area contributed by atoms with Crippen molar-refractivity contribution in [2.24, 2.45) is 0 Å². The van der Waals surface area contributed by atoms with Crippen molar-refractivity contribution in [2.45, 2.75) is 31.8 Å². The highest BCUT2D eigenvalue weighted by Crippen LogP contribution is 2.25. The zero-order chi connectivity index (χ0) is 15.5. The molecule has 0 radical (unpaired) electrons. The highest BCUT2D eigenvalue weighted by molar-refractivity contribution is 7.89. The zero-order valence-corrected chi connectivity index (χ0v) is 14.1. The van der Waals surface area contributed by atoms with Gasteiger partial charge >= 0.3 is 0 Å². The van der Waals surface area contributed by atoms with E-state index in [9.17, 15) is 8.42 Å². The van der Waals surface area contributed by atoms with Crippen molar-refractivity contribution in [3.63, 3.8) is 0 Å². The van der Waals surface area contributed by atoms with Gasteiger partial charge in [0, 0.05) is 22.8 Å². The van der Waals surface area contributed by atoms with Crippen LogP contribution in [-0.4, -0.2) is 15.5 Å². The molecule has 1 aromatic heterocycles. The lowest BCUT2D eigenvalue weighted by molar-refractivity contribution is 0.581. The predicted molar refractivity (Wildman–Crippen MR) is 87.0 cm³/mol. The summed E-state index contributed by atoms with van der Waals surface area (Å²) in [5.74, 6) is 0. The molecule has 0 aliphatic rings. The van der Waals surface area contributed by atoms with Crippen molar-refractivity contribution in [1.82, 2.24) is 10.0 Å². The number of benzene rings is 1. The molecule has 2 rings (SSSR count). The van der Waals surface area contributed by atoms with E-state index in [1.54, 1.807) is 6.07 Å². The molecule has 2 aromatic rings. The maximum Gasteiger partial charge on any atom is 0.241 e. The minimum Gasteiger partial charge on any atom is -0.315 e. The van der Waals surface area contributed by atoms with Gasteiger partial charge in [-0.1, -0.05) is 24.3 Å². The van der Waals surface area contributed by atoms with Gasteiger partial charge in [-0.25, -0.2) is 13.1 Å². The molecule has 1 heterocycles. The molecule has 0 aliphatic carbocycles. The van der Waals surface area contributed by atoms with Crippen LogP contribution in [0.5, 0.6) is 0 Å². The normalized spacial score (nSPS) is 11.8. The highest BCUT2D eigenvalue weighted by atomic mass is 32.2. The topological polar surface area (TPSA) is 58.2 Å². The van der Waals surface area contributed by atoms with Gasteiger partial charge in [-0.05, 0) is 38.1 Å². The average Bonchev–Trinajstić information content (AvgIpc) is 2.80. The van der Waals surface area contributed by atoms with E-state index >= 15 is 0 Å². The van der Waals surface area contributed by atoms with Gasteiger partial charge in [-0.3, -0.25) is 0 Å². The van der Waals surface area contributed by atoms with Gasteiger partial charge in [0.05, 0.1) is 4.90 Å². The third-order valence-electron chi connectivity index (χ3n) is 3.28. The van der Waals surface area contributed by atoms with Crippen LogP contribution in [-0.2, 0) is 23.1 Å². The monoisotopic (exact) mass is 324 g/mol. The second-order valence-corrected chi connectivity index (χ2v) is 7.99. The lowest BCUT2D eigenvalue weighted by atomic mass is 10.1. The third kappa shape index (κ3) is 3.91. The Labute approximate surface area is 130 Å². The minimum atomic E-state index is -3.47. The highest BCUT2D eigenvalue weighted by Gasteiger charge is 2.19. The summed E-state index contributed by atoms with van der Waals surface area (Å²) in [5, 5.41) is 3.04. The summed E-state index contributed by atoms with van der Waals surface area (Å²) < 4.78 is 27.5. The molecule has 0 unspecified atom stereocenters. The van der Waals surface area contributed by atoms with Crippen LogP contribution in [0.25, 0.3) is 0 Å². The van der Waals surface area contributed by atoms with Gasteiger partial charge in [0.2, 0.25) is 10.0 Å². The van der Waals surface area contributed by atoms with Gasteiger partial charge < -0.3 is 5.32 Å². The van der Waals surface area contributed by atoms with Crippen molar-refractivity contribution >= 4 is 21.4 Å². The molecule has 114 valence electrons.